The Morgan fingerprint density at radius 3 is 2.15 bits per heavy atom. The molecule has 0 saturated carbocycles. The second-order valence-electron chi connectivity index (χ2n) is 10.5. The van der Waals surface area contributed by atoms with Gasteiger partial charge in [-0.2, -0.15) is 0 Å². The van der Waals surface area contributed by atoms with Gasteiger partial charge in [0.1, 0.15) is 5.75 Å². The van der Waals surface area contributed by atoms with Crippen LogP contribution in [-0.2, 0) is 4.79 Å². The molecule has 0 spiro atoms. The number of anilines is 2. The zero-order valence-electron chi connectivity index (χ0n) is 23.4. The molecule has 0 atom stereocenters. The zero-order chi connectivity index (χ0) is 28.4. The highest BCUT2D eigenvalue weighted by atomic mass is 35.5. The Labute approximate surface area is 234 Å². The van der Waals surface area contributed by atoms with Crippen molar-refractivity contribution < 1.29 is 14.3 Å². The summed E-state index contributed by atoms with van der Waals surface area (Å²) in [6.45, 7) is 13.6. The lowest BCUT2D eigenvalue weighted by Crippen LogP contribution is -2.21. The molecule has 1 aromatic heterocycles. The number of aromatic nitrogens is 1. The molecule has 39 heavy (non-hydrogen) atoms. The van der Waals surface area contributed by atoms with E-state index in [2.05, 4.69) is 27.8 Å². The number of carbonyl (C=O) groups is 2. The van der Waals surface area contributed by atoms with Crippen LogP contribution in [0.5, 0.6) is 5.75 Å². The van der Waals surface area contributed by atoms with Crippen molar-refractivity contribution in [3.63, 3.8) is 0 Å². The van der Waals surface area contributed by atoms with Crippen molar-refractivity contribution in [2.24, 2.45) is 0 Å². The number of urea groups is 1. The molecule has 202 valence electrons. The Kier molecular flexibility index (Phi) is 8.26. The third-order valence-corrected chi connectivity index (χ3v) is 6.92. The molecule has 0 bridgehead atoms. The molecule has 0 saturated heterocycles. The lowest BCUT2D eigenvalue weighted by atomic mass is 9.93. The molecule has 7 heteroatoms. The van der Waals surface area contributed by atoms with Crippen molar-refractivity contribution >= 4 is 45.9 Å². The Hall–Kier alpha value is -3.90. The highest BCUT2D eigenvalue weighted by molar-refractivity contribution is 6.34. The van der Waals surface area contributed by atoms with Gasteiger partial charge in [0, 0.05) is 34.1 Å². The SMILES string of the molecule is CC(=O)Oc1c(C(C)C)cc(NC(=O)Nc2cnc3c(C)cc(C)cc3c2-c2ccccc2Cl)cc1C(C)C. The molecule has 4 rings (SSSR count). The van der Waals surface area contributed by atoms with Crippen LogP contribution in [0.3, 0.4) is 0 Å². The summed E-state index contributed by atoms with van der Waals surface area (Å²) in [7, 11) is 0. The van der Waals surface area contributed by atoms with Crippen LogP contribution in [0.25, 0.3) is 22.0 Å². The van der Waals surface area contributed by atoms with Crippen LogP contribution < -0.4 is 15.4 Å². The number of fused-ring (bicyclic) bond motifs is 1. The van der Waals surface area contributed by atoms with E-state index in [0.29, 0.717) is 22.1 Å². The fourth-order valence-corrected chi connectivity index (χ4v) is 5.09. The van der Waals surface area contributed by atoms with Crippen LogP contribution in [0.1, 0.15) is 68.7 Å². The molecule has 2 N–H and O–H groups in total. The van der Waals surface area contributed by atoms with Crippen molar-refractivity contribution in [3.05, 3.63) is 82.0 Å². The van der Waals surface area contributed by atoms with Gasteiger partial charge in [0.15, 0.2) is 0 Å². The number of nitrogens with zero attached hydrogens (tertiary/aromatic N) is 1. The van der Waals surface area contributed by atoms with Gasteiger partial charge in [0.25, 0.3) is 0 Å². The molecule has 0 aliphatic rings. The number of nitrogens with one attached hydrogen (secondary N) is 2. The van der Waals surface area contributed by atoms with Gasteiger partial charge in [-0.3, -0.25) is 9.78 Å². The minimum absolute atomic E-state index is 0.0738. The fraction of sp³-hybridized carbons (Fsp3) is 0.281. The summed E-state index contributed by atoms with van der Waals surface area (Å²) >= 11 is 6.64. The first kappa shape index (κ1) is 28.1. The number of amides is 2. The number of carbonyl (C=O) groups excluding carboxylic acids is 2. The third kappa shape index (κ3) is 6.07. The van der Waals surface area contributed by atoms with Gasteiger partial charge in [-0.05, 0) is 66.6 Å². The molecular formula is C32H34ClN3O3. The monoisotopic (exact) mass is 543 g/mol. The first-order valence-corrected chi connectivity index (χ1v) is 13.4. The molecule has 1 heterocycles. The number of esters is 1. The number of hydrogen-bond acceptors (Lipinski definition) is 4. The van der Waals surface area contributed by atoms with E-state index >= 15 is 0 Å². The number of halogens is 1. The van der Waals surface area contributed by atoms with E-state index in [1.54, 1.807) is 6.20 Å². The van der Waals surface area contributed by atoms with Crippen LogP contribution in [0.15, 0.2) is 54.7 Å². The van der Waals surface area contributed by atoms with Crippen LogP contribution in [0.2, 0.25) is 5.02 Å². The maximum Gasteiger partial charge on any atom is 0.323 e. The minimum Gasteiger partial charge on any atom is -0.426 e. The average Bonchev–Trinajstić information content (AvgIpc) is 2.84. The molecular weight excluding hydrogens is 510 g/mol. The quantitative estimate of drug-likeness (QED) is 0.188. The van der Waals surface area contributed by atoms with E-state index in [4.69, 9.17) is 16.3 Å². The van der Waals surface area contributed by atoms with Crippen molar-refractivity contribution in [2.45, 2.75) is 60.3 Å². The van der Waals surface area contributed by atoms with Crippen LogP contribution in [0, 0.1) is 13.8 Å². The van der Waals surface area contributed by atoms with E-state index in [1.165, 1.54) is 6.92 Å². The maximum atomic E-state index is 13.4. The molecule has 2 amide bonds. The van der Waals surface area contributed by atoms with E-state index < -0.39 is 6.03 Å². The van der Waals surface area contributed by atoms with Gasteiger partial charge >= 0.3 is 12.0 Å². The van der Waals surface area contributed by atoms with E-state index in [1.807, 2.05) is 77.9 Å². The first-order chi connectivity index (χ1) is 18.5. The Balaban J connectivity index is 1.77. The maximum absolute atomic E-state index is 13.4. The summed E-state index contributed by atoms with van der Waals surface area (Å²) in [5.74, 6) is 0.330. The molecule has 0 aliphatic carbocycles. The Morgan fingerprint density at radius 2 is 1.56 bits per heavy atom. The topological polar surface area (TPSA) is 80.3 Å². The van der Waals surface area contributed by atoms with Crippen molar-refractivity contribution in [1.82, 2.24) is 4.98 Å². The lowest BCUT2D eigenvalue weighted by molar-refractivity contribution is -0.132. The second kappa shape index (κ2) is 11.5. The van der Waals surface area contributed by atoms with Gasteiger partial charge in [0.2, 0.25) is 0 Å². The van der Waals surface area contributed by atoms with Crippen molar-refractivity contribution in [3.8, 4) is 16.9 Å². The third-order valence-electron chi connectivity index (χ3n) is 6.59. The van der Waals surface area contributed by atoms with E-state index in [-0.39, 0.29) is 17.8 Å². The molecule has 0 radical (unpaired) electrons. The minimum atomic E-state index is -0.418. The molecule has 0 unspecified atom stereocenters. The van der Waals surface area contributed by atoms with Gasteiger partial charge in [-0.25, -0.2) is 4.79 Å². The lowest BCUT2D eigenvalue weighted by Gasteiger charge is -2.21. The molecule has 0 aliphatic heterocycles. The number of ether oxygens (including phenoxy) is 1. The van der Waals surface area contributed by atoms with Gasteiger partial charge in [0.05, 0.1) is 17.4 Å². The van der Waals surface area contributed by atoms with Crippen molar-refractivity contribution in [1.29, 1.82) is 0 Å². The average molecular weight is 544 g/mol. The largest absolute Gasteiger partial charge is 0.426 e. The number of hydrogen-bond donors (Lipinski definition) is 2. The summed E-state index contributed by atoms with van der Waals surface area (Å²) in [5, 5.41) is 7.47. The summed E-state index contributed by atoms with van der Waals surface area (Å²) in [4.78, 5) is 29.9. The predicted molar refractivity (Wildman–Crippen MR) is 160 cm³/mol. The fourth-order valence-electron chi connectivity index (χ4n) is 4.86. The van der Waals surface area contributed by atoms with Gasteiger partial charge < -0.3 is 15.4 Å². The highest BCUT2D eigenvalue weighted by Crippen LogP contribution is 2.40. The van der Waals surface area contributed by atoms with Crippen LogP contribution >= 0.6 is 11.6 Å². The van der Waals surface area contributed by atoms with Crippen LogP contribution in [0.4, 0.5) is 16.2 Å². The highest BCUT2D eigenvalue weighted by Gasteiger charge is 2.21. The molecule has 3 aromatic carbocycles. The van der Waals surface area contributed by atoms with Crippen molar-refractivity contribution in [2.75, 3.05) is 10.6 Å². The molecule has 0 fully saturated rings. The summed E-state index contributed by atoms with van der Waals surface area (Å²) in [6, 6.07) is 15.0. The van der Waals surface area contributed by atoms with E-state index in [0.717, 1.165) is 44.3 Å². The number of benzene rings is 3. The van der Waals surface area contributed by atoms with E-state index in [9.17, 15) is 9.59 Å². The Bertz CT molecular complexity index is 1550. The smallest absolute Gasteiger partial charge is 0.323 e. The number of aryl methyl sites for hydroxylation is 2. The number of pyridine rings is 1. The van der Waals surface area contributed by atoms with Gasteiger partial charge in [-0.1, -0.05) is 69.1 Å². The zero-order valence-corrected chi connectivity index (χ0v) is 24.2. The van der Waals surface area contributed by atoms with Crippen LogP contribution in [-0.4, -0.2) is 17.0 Å². The second-order valence-corrected chi connectivity index (χ2v) is 10.9. The first-order valence-electron chi connectivity index (χ1n) is 13.0. The molecule has 6 nitrogen and oxygen atoms in total. The summed E-state index contributed by atoms with van der Waals surface area (Å²) in [6.07, 6.45) is 1.67. The van der Waals surface area contributed by atoms with Gasteiger partial charge in [-0.15, -0.1) is 0 Å². The molecule has 4 aromatic rings. The number of rotatable bonds is 6. The standard InChI is InChI=1S/C32H34ClN3O3/c1-17(2)24-14-22(15-25(18(3)4)31(24)39-21(7)37)35-32(38)36-28-16-34-30-20(6)12-19(5)13-26(30)29(28)23-10-8-9-11-27(23)33/h8-18H,1-7H3,(H2,35,36,38). The Morgan fingerprint density at radius 1 is 0.923 bits per heavy atom. The summed E-state index contributed by atoms with van der Waals surface area (Å²) in [5.41, 5.74) is 7.45. The predicted octanol–water partition coefficient (Wildman–Crippen LogP) is 8.99. The normalized spacial score (nSPS) is 11.2. The summed E-state index contributed by atoms with van der Waals surface area (Å²) < 4.78 is 5.60.